The Morgan fingerprint density at radius 1 is 1.42 bits per heavy atom. The smallest absolute Gasteiger partial charge is 0.227 e. The molecule has 0 aliphatic heterocycles. The summed E-state index contributed by atoms with van der Waals surface area (Å²) in [5.41, 5.74) is 5.95. The molecule has 0 heterocycles. The van der Waals surface area contributed by atoms with Gasteiger partial charge >= 0.3 is 0 Å². The molecule has 1 aromatic rings. The number of amides is 1. The van der Waals surface area contributed by atoms with E-state index in [1.54, 1.807) is 12.1 Å². The van der Waals surface area contributed by atoms with E-state index >= 15 is 0 Å². The quantitative estimate of drug-likeness (QED) is 0.894. The highest BCUT2D eigenvalue weighted by Crippen LogP contribution is 2.30. The molecule has 104 valence electrons. The van der Waals surface area contributed by atoms with Gasteiger partial charge in [0.25, 0.3) is 0 Å². The van der Waals surface area contributed by atoms with E-state index < -0.39 is 5.82 Å². The van der Waals surface area contributed by atoms with Gasteiger partial charge in [0.2, 0.25) is 5.91 Å². The van der Waals surface area contributed by atoms with E-state index in [0.717, 1.165) is 25.7 Å². The van der Waals surface area contributed by atoms with Crippen LogP contribution in [0.25, 0.3) is 0 Å². The van der Waals surface area contributed by atoms with Crippen molar-refractivity contribution >= 4 is 27.5 Å². The number of nitrogens with two attached hydrogens (primary N) is 1. The van der Waals surface area contributed by atoms with Crippen molar-refractivity contribution in [2.45, 2.75) is 25.7 Å². The van der Waals surface area contributed by atoms with Gasteiger partial charge in [0.1, 0.15) is 5.82 Å². The van der Waals surface area contributed by atoms with Crippen molar-refractivity contribution in [3.63, 3.8) is 0 Å². The summed E-state index contributed by atoms with van der Waals surface area (Å²) in [4.78, 5) is 12.2. The highest BCUT2D eigenvalue weighted by molar-refractivity contribution is 9.10. The molecule has 2 rings (SSSR count). The third kappa shape index (κ3) is 3.54. The fourth-order valence-corrected chi connectivity index (χ4v) is 2.98. The molecule has 1 fully saturated rings. The minimum absolute atomic E-state index is 0.0956. The summed E-state index contributed by atoms with van der Waals surface area (Å²) >= 11 is 3.19. The average Bonchev–Trinajstić information content (AvgIpc) is 2.41. The van der Waals surface area contributed by atoms with Crippen LogP contribution in [0.5, 0.6) is 0 Å². The first-order valence-corrected chi connectivity index (χ1v) is 7.37. The Morgan fingerprint density at radius 2 is 2.16 bits per heavy atom. The number of nitrogens with one attached hydrogen (secondary N) is 1. The molecule has 0 bridgehead atoms. The minimum Gasteiger partial charge on any atom is -0.330 e. The fourth-order valence-electron chi connectivity index (χ4n) is 2.65. The summed E-state index contributed by atoms with van der Waals surface area (Å²) in [6, 6.07) is 4.62. The highest BCUT2D eigenvalue weighted by atomic mass is 79.9. The molecule has 5 heteroatoms. The third-order valence-electron chi connectivity index (χ3n) is 3.74. The Labute approximate surface area is 120 Å². The van der Waals surface area contributed by atoms with Crippen LogP contribution in [0.4, 0.5) is 10.1 Å². The van der Waals surface area contributed by atoms with Crippen molar-refractivity contribution in [2.75, 3.05) is 11.9 Å². The van der Waals surface area contributed by atoms with Crippen molar-refractivity contribution < 1.29 is 9.18 Å². The second kappa shape index (κ2) is 6.48. The molecule has 1 aliphatic carbocycles. The maximum absolute atomic E-state index is 13.7. The van der Waals surface area contributed by atoms with E-state index in [1.165, 1.54) is 6.07 Å². The van der Waals surface area contributed by atoms with Gasteiger partial charge in [-0.3, -0.25) is 4.79 Å². The molecule has 1 aliphatic rings. The number of hydrogen-bond donors (Lipinski definition) is 2. The Morgan fingerprint density at radius 3 is 2.84 bits per heavy atom. The Kier molecular flexibility index (Phi) is 4.93. The number of benzene rings is 1. The van der Waals surface area contributed by atoms with Crippen LogP contribution in [0.3, 0.4) is 0 Å². The zero-order valence-electron chi connectivity index (χ0n) is 10.7. The average molecular weight is 329 g/mol. The number of hydrogen-bond acceptors (Lipinski definition) is 2. The zero-order chi connectivity index (χ0) is 13.8. The van der Waals surface area contributed by atoms with Gasteiger partial charge in [-0.15, -0.1) is 0 Å². The lowest BCUT2D eigenvalue weighted by atomic mass is 9.78. The third-order valence-corrected chi connectivity index (χ3v) is 4.23. The van der Waals surface area contributed by atoms with Crippen LogP contribution >= 0.6 is 15.9 Å². The van der Waals surface area contributed by atoms with Crippen LogP contribution in [-0.2, 0) is 4.79 Å². The van der Waals surface area contributed by atoms with Gasteiger partial charge < -0.3 is 11.1 Å². The predicted octanol–water partition coefficient (Wildman–Crippen LogP) is 3.29. The van der Waals surface area contributed by atoms with Gasteiger partial charge in [-0.05, 0) is 43.5 Å². The van der Waals surface area contributed by atoms with Gasteiger partial charge in [0.05, 0.1) is 5.69 Å². The summed E-state index contributed by atoms with van der Waals surface area (Å²) in [6.45, 7) is 0.515. The molecule has 3 nitrogen and oxygen atoms in total. The van der Waals surface area contributed by atoms with Crippen molar-refractivity contribution in [2.24, 2.45) is 17.6 Å². The number of halogens is 2. The Bertz CT molecular complexity index is 467. The van der Waals surface area contributed by atoms with Gasteiger partial charge in [0, 0.05) is 10.4 Å². The van der Waals surface area contributed by atoms with E-state index in [-0.39, 0.29) is 23.4 Å². The van der Waals surface area contributed by atoms with E-state index in [9.17, 15) is 9.18 Å². The molecule has 0 aromatic heterocycles. The summed E-state index contributed by atoms with van der Waals surface area (Å²) in [5, 5.41) is 2.68. The van der Waals surface area contributed by atoms with Crippen molar-refractivity contribution in [1.82, 2.24) is 0 Å². The molecule has 0 spiro atoms. The molecular formula is C14H18BrFN2O. The number of anilines is 1. The van der Waals surface area contributed by atoms with Crippen LogP contribution in [0.15, 0.2) is 22.7 Å². The van der Waals surface area contributed by atoms with E-state index in [4.69, 9.17) is 5.73 Å². The van der Waals surface area contributed by atoms with Crippen LogP contribution in [0.2, 0.25) is 0 Å². The van der Waals surface area contributed by atoms with E-state index in [2.05, 4.69) is 21.2 Å². The lowest BCUT2D eigenvalue weighted by molar-refractivity contribution is -0.122. The Hall–Kier alpha value is -0.940. The lowest BCUT2D eigenvalue weighted by Crippen LogP contribution is -2.35. The van der Waals surface area contributed by atoms with Crippen molar-refractivity contribution in [3.8, 4) is 0 Å². The topological polar surface area (TPSA) is 55.1 Å². The number of carbonyl (C=O) groups is 1. The number of rotatable bonds is 3. The normalized spacial score (nSPS) is 23.1. The second-order valence-electron chi connectivity index (χ2n) is 5.00. The molecule has 0 saturated heterocycles. The predicted molar refractivity (Wildman–Crippen MR) is 77.2 cm³/mol. The molecule has 3 N–H and O–H groups in total. The van der Waals surface area contributed by atoms with Gasteiger partial charge in [-0.2, -0.15) is 0 Å². The summed E-state index contributed by atoms with van der Waals surface area (Å²) in [7, 11) is 0. The maximum atomic E-state index is 13.7. The molecular weight excluding hydrogens is 311 g/mol. The summed E-state index contributed by atoms with van der Waals surface area (Å²) < 4.78 is 14.3. The number of carbonyl (C=O) groups excluding carboxylic acids is 1. The standard InChI is InChI=1S/C14H18BrFN2O/c15-10-5-6-13(12(16)7-10)18-14(19)11-4-2-1-3-9(11)8-17/h5-7,9,11H,1-4,8,17H2,(H,18,19). The largest absolute Gasteiger partial charge is 0.330 e. The first kappa shape index (κ1) is 14.5. The van der Waals surface area contributed by atoms with E-state index in [0.29, 0.717) is 11.0 Å². The van der Waals surface area contributed by atoms with Gasteiger partial charge in [-0.1, -0.05) is 28.8 Å². The zero-order valence-corrected chi connectivity index (χ0v) is 12.2. The molecule has 1 saturated carbocycles. The monoisotopic (exact) mass is 328 g/mol. The van der Waals surface area contributed by atoms with Crippen LogP contribution in [0, 0.1) is 17.7 Å². The molecule has 1 amide bonds. The summed E-state index contributed by atoms with van der Waals surface area (Å²) in [6.07, 6.45) is 3.99. The van der Waals surface area contributed by atoms with Crippen molar-refractivity contribution in [1.29, 1.82) is 0 Å². The van der Waals surface area contributed by atoms with Crippen molar-refractivity contribution in [3.05, 3.63) is 28.5 Å². The van der Waals surface area contributed by atoms with Gasteiger partial charge in [0.15, 0.2) is 0 Å². The minimum atomic E-state index is -0.428. The summed E-state index contributed by atoms with van der Waals surface area (Å²) in [5.74, 6) is -0.423. The first-order chi connectivity index (χ1) is 9.11. The molecule has 2 atom stereocenters. The lowest BCUT2D eigenvalue weighted by Gasteiger charge is -2.29. The van der Waals surface area contributed by atoms with Crippen LogP contribution in [-0.4, -0.2) is 12.5 Å². The molecule has 1 aromatic carbocycles. The van der Waals surface area contributed by atoms with Crippen LogP contribution < -0.4 is 11.1 Å². The fraction of sp³-hybridized carbons (Fsp3) is 0.500. The highest BCUT2D eigenvalue weighted by Gasteiger charge is 2.30. The SMILES string of the molecule is NCC1CCCCC1C(=O)Nc1ccc(Br)cc1F. The molecule has 19 heavy (non-hydrogen) atoms. The molecule has 2 unspecified atom stereocenters. The van der Waals surface area contributed by atoms with Crippen LogP contribution in [0.1, 0.15) is 25.7 Å². The first-order valence-electron chi connectivity index (χ1n) is 6.58. The Balaban J connectivity index is 2.07. The maximum Gasteiger partial charge on any atom is 0.227 e. The second-order valence-corrected chi connectivity index (χ2v) is 5.92. The van der Waals surface area contributed by atoms with E-state index in [1.807, 2.05) is 0 Å². The van der Waals surface area contributed by atoms with Gasteiger partial charge in [-0.25, -0.2) is 4.39 Å². The molecule has 0 radical (unpaired) electrons.